The molecule has 0 saturated heterocycles. The molecule has 0 fully saturated rings. The van der Waals surface area contributed by atoms with Gasteiger partial charge in [0, 0.05) is 34.9 Å². The number of ether oxygens (including phenoxy) is 1. The van der Waals surface area contributed by atoms with Gasteiger partial charge in [-0.05, 0) is 47.4 Å². The maximum absolute atomic E-state index is 12.8. The Morgan fingerprint density at radius 1 is 0.970 bits per heavy atom. The number of nitrogens with one attached hydrogen (secondary N) is 1. The Kier molecular flexibility index (Phi) is 7.92. The van der Waals surface area contributed by atoms with E-state index in [1.165, 1.54) is 0 Å². The zero-order chi connectivity index (χ0) is 24.0. The molecule has 3 aromatic carbocycles. The van der Waals surface area contributed by atoms with Crippen LogP contribution in [0, 0.1) is 0 Å². The fourth-order valence-electron chi connectivity index (χ4n) is 3.43. The highest BCUT2D eigenvalue weighted by atomic mass is 79.9. The van der Waals surface area contributed by atoms with Crippen molar-refractivity contribution in [3.63, 3.8) is 0 Å². The lowest BCUT2D eigenvalue weighted by atomic mass is 9.86. The monoisotopic (exact) mass is 508 g/mol. The zero-order valence-electron chi connectivity index (χ0n) is 19.4. The molecule has 0 unspecified atom stereocenters. The van der Waals surface area contributed by atoms with Gasteiger partial charge in [-0.25, -0.2) is 0 Å². The van der Waals surface area contributed by atoms with E-state index in [0.29, 0.717) is 23.5 Å². The summed E-state index contributed by atoms with van der Waals surface area (Å²) in [6.07, 6.45) is 0. The molecule has 33 heavy (non-hydrogen) atoms. The van der Waals surface area contributed by atoms with Crippen molar-refractivity contribution in [3.05, 3.63) is 94.0 Å². The van der Waals surface area contributed by atoms with E-state index in [2.05, 4.69) is 42.0 Å². The second-order valence-electron chi connectivity index (χ2n) is 8.95. The van der Waals surface area contributed by atoms with Crippen LogP contribution in [0.2, 0.25) is 0 Å². The molecule has 0 radical (unpaired) electrons. The first-order valence-corrected chi connectivity index (χ1v) is 11.5. The first-order chi connectivity index (χ1) is 15.6. The summed E-state index contributed by atoms with van der Waals surface area (Å²) in [7, 11) is 1.76. The third-order valence-electron chi connectivity index (χ3n) is 5.11. The predicted molar refractivity (Wildman–Crippen MR) is 136 cm³/mol. The molecule has 5 nitrogen and oxygen atoms in total. The second kappa shape index (κ2) is 10.7. The van der Waals surface area contributed by atoms with E-state index in [1.54, 1.807) is 36.2 Å². The number of hydrogen-bond acceptors (Lipinski definition) is 3. The zero-order valence-corrected chi connectivity index (χ0v) is 21.0. The minimum absolute atomic E-state index is 0.115. The third kappa shape index (κ3) is 6.93. The molecule has 0 spiro atoms. The minimum Gasteiger partial charge on any atom is -0.483 e. The molecule has 2 amide bonds. The van der Waals surface area contributed by atoms with Gasteiger partial charge in [-0.15, -0.1) is 0 Å². The molecule has 172 valence electrons. The van der Waals surface area contributed by atoms with Crippen LogP contribution in [0.25, 0.3) is 0 Å². The molecule has 0 aromatic heterocycles. The smallest absolute Gasteiger partial charge is 0.262 e. The molecule has 6 heteroatoms. The third-order valence-corrected chi connectivity index (χ3v) is 5.60. The first kappa shape index (κ1) is 24.5. The van der Waals surface area contributed by atoms with Gasteiger partial charge in [-0.2, -0.15) is 0 Å². The number of hydrogen-bond donors (Lipinski definition) is 1. The molecular weight excluding hydrogens is 480 g/mol. The van der Waals surface area contributed by atoms with Crippen LogP contribution < -0.4 is 10.1 Å². The number of amides is 2. The summed E-state index contributed by atoms with van der Waals surface area (Å²) in [6.45, 7) is 6.67. The lowest BCUT2D eigenvalue weighted by molar-refractivity contribution is -0.118. The maximum atomic E-state index is 12.8. The van der Waals surface area contributed by atoms with Crippen LogP contribution in [0.5, 0.6) is 5.75 Å². The first-order valence-electron chi connectivity index (χ1n) is 10.8. The second-order valence-corrected chi connectivity index (χ2v) is 9.87. The van der Waals surface area contributed by atoms with Gasteiger partial charge in [0.1, 0.15) is 5.75 Å². The van der Waals surface area contributed by atoms with Gasteiger partial charge in [0.2, 0.25) is 0 Å². The van der Waals surface area contributed by atoms with Gasteiger partial charge in [-0.1, -0.05) is 73.1 Å². The topological polar surface area (TPSA) is 58.6 Å². The van der Waals surface area contributed by atoms with E-state index in [-0.39, 0.29) is 23.8 Å². The summed E-state index contributed by atoms with van der Waals surface area (Å²) in [6, 6.07) is 22.5. The summed E-state index contributed by atoms with van der Waals surface area (Å²) in [5.41, 5.74) is 3.00. The van der Waals surface area contributed by atoms with Gasteiger partial charge < -0.3 is 15.0 Å². The lowest BCUT2D eigenvalue weighted by Crippen LogP contribution is -2.26. The Morgan fingerprint density at radius 2 is 1.70 bits per heavy atom. The van der Waals surface area contributed by atoms with E-state index in [0.717, 1.165) is 15.6 Å². The SMILES string of the molecule is CN(Cc1ccccc1)C(=O)c1cccc(NC(=O)COc2ccc(Br)cc2C(C)(C)C)c1. The van der Waals surface area contributed by atoms with Gasteiger partial charge >= 0.3 is 0 Å². The van der Waals surface area contributed by atoms with Crippen molar-refractivity contribution >= 4 is 33.4 Å². The molecule has 0 bridgehead atoms. The molecule has 0 aliphatic rings. The van der Waals surface area contributed by atoms with Crippen LogP contribution in [-0.4, -0.2) is 30.4 Å². The summed E-state index contributed by atoms with van der Waals surface area (Å²) in [4.78, 5) is 27.0. The molecule has 0 saturated carbocycles. The number of halogens is 1. The van der Waals surface area contributed by atoms with E-state index < -0.39 is 0 Å². The number of rotatable bonds is 7. The Balaban J connectivity index is 1.62. The fraction of sp³-hybridized carbons (Fsp3) is 0.259. The van der Waals surface area contributed by atoms with Crippen LogP contribution in [0.4, 0.5) is 5.69 Å². The van der Waals surface area contributed by atoms with Crippen molar-refractivity contribution in [2.75, 3.05) is 19.0 Å². The largest absolute Gasteiger partial charge is 0.483 e. The lowest BCUT2D eigenvalue weighted by Gasteiger charge is -2.23. The summed E-state index contributed by atoms with van der Waals surface area (Å²) < 4.78 is 6.79. The van der Waals surface area contributed by atoms with Gasteiger partial charge in [-0.3, -0.25) is 9.59 Å². The van der Waals surface area contributed by atoms with Crippen molar-refractivity contribution in [1.82, 2.24) is 4.90 Å². The van der Waals surface area contributed by atoms with Crippen LogP contribution in [0.3, 0.4) is 0 Å². The molecular formula is C27H29BrN2O3. The van der Waals surface area contributed by atoms with Gasteiger partial charge in [0.15, 0.2) is 6.61 Å². The van der Waals surface area contributed by atoms with Crippen LogP contribution in [-0.2, 0) is 16.8 Å². The minimum atomic E-state index is -0.292. The highest BCUT2D eigenvalue weighted by Crippen LogP contribution is 2.33. The summed E-state index contributed by atoms with van der Waals surface area (Å²) in [5, 5.41) is 2.82. The summed E-state index contributed by atoms with van der Waals surface area (Å²) in [5.74, 6) is 0.267. The number of carbonyl (C=O) groups is 2. The molecule has 0 aliphatic carbocycles. The van der Waals surface area contributed by atoms with E-state index in [9.17, 15) is 9.59 Å². The van der Waals surface area contributed by atoms with E-state index >= 15 is 0 Å². The quantitative estimate of drug-likeness (QED) is 0.423. The van der Waals surface area contributed by atoms with Crippen LogP contribution in [0.15, 0.2) is 77.3 Å². The van der Waals surface area contributed by atoms with E-state index in [4.69, 9.17) is 4.74 Å². The molecule has 0 atom stereocenters. The Bertz CT molecular complexity index is 1120. The molecule has 0 aliphatic heterocycles. The molecule has 1 N–H and O–H groups in total. The average Bonchev–Trinajstić information content (AvgIpc) is 2.78. The van der Waals surface area contributed by atoms with Crippen molar-refractivity contribution < 1.29 is 14.3 Å². The number of nitrogens with zero attached hydrogens (tertiary/aromatic N) is 1. The summed E-state index contributed by atoms with van der Waals surface area (Å²) >= 11 is 3.49. The highest BCUT2D eigenvalue weighted by molar-refractivity contribution is 9.10. The van der Waals surface area contributed by atoms with Crippen LogP contribution in [0.1, 0.15) is 42.3 Å². The van der Waals surface area contributed by atoms with Gasteiger partial charge in [0.25, 0.3) is 11.8 Å². The normalized spacial score (nSPS) is 11.1. The van der Waals surface area contributed by atoms with Crippen molar-refractivity contribution in [3.8, 4) is 5.75 Å². The molecule has 0 heterocycles. The standard InChI is InChI=1S/C27H29BrN2O3/c1-27(2,3)23-16-21(28)13-14-24(23)33-18-25(31)29-22-12-8-11-20(15-22)26(32)30(4)17-19-9-6-5-7-10-19/h5-16H,17-18H2,1-4H3,(H,29,31). The van der Waals surface area contributed by atoms with Crippen LogP contribution >= 0.6 is 15.9 Å². The Labute approximate surface area is 203 Å². The van der Waals surface area contributed by atoms with Gasteiger partial charge in [0.05, 0.1) is 0 Å². The Hall–Kier alpha value is -3.12. The average molecular weight is 509 g/mol. The van der Waals surface area contributed by atoms with Crippen molar-refractivity contribution in [1.29, 1.82) is 0 Å². The highest BCUT2D eigenvalue weighted by Gasteiger charge is 2.20. The fourth-order valence-corrected chi connectivity index (χ4v) is 3.80. The maximum Gasteiger partial charge on any atom is 0.262 e. The van der Waals surface area contributed by atoms with E-state index in [1.807, 2.05) is 48.5 Å². The predicted octanol–water partition coefficient (Wildman–Crippen LogP) is 6.04. The number of benzene rings is 3. The molecule has 3 rings (SSSR count). The Morgan fingerprint density at radius 3 is 2.39 bits per heavy atom. The molecule has 3 aromatic rings. The van der Waals surface area contributed by atoms with Crippen molar-refractivity contribution in [2.24, 2.45) is 0 Å². The number of anilines is 1. The van der Waals surface area contributed by atoms with Crippen molar-refractivity contribution in [2.45, 2.75) is 32.7 Å². The number of carbonyl (C=O) groups excluding carboxylic acids is 2.